The smallest absolute Gasteiger partial charge is 0.175 e. The summed E-state index contributed by atoms with van der Waals surface area (Å²) in [5.41, 5.74) is 3.64. The number of hydrogen-bond donors (Lipinski definition) is 3. The summed E-state index contributed by atoms with van der Waals surface area (Å²) < 4.78 is 25.0. The molecule has 2 heterocycles. The number of benzene rings is 2. The minimum Gasteiger partial charge on any atom is -0.486 e. The Kier molecular flexibility index (Phi) is 6.25. The lowest BCUT2D eigenvalue weighted by atomic mass is 10.0. The molecule has 0 aliphatic carbocycles. The quantitative estimate of drug-likeness (QED) is 0.125. The summed E-state index contributed by atoms with van der Waals surface area (Å²) >= 11 is 5.44. The second-order valence-electron chi connectivity index (χ2n) is 8.41. The molecule has 0 fully saturated rings. The average molecular weight is 469 g/mol. The maximum absolute atomic E-state index is 13.5. The first-order valence-electron chi connectivity index (χ1n) is 10.4. The van der Waals surface area contributed by atoms with E-state index in [0.717, 1.165) is 33.2 Å². The zero-order valence-electron chi connectivity index (χ0n) is 18.6. The van der Waals surface area contributed by atoms with Crippen LogP contribution in [0, 0.1) is 12.7 Å². The van der Waals surface area contributed by atoms with Gasteiger partial charge in [-0.1, -0.05) is 18.8 Å². The molecule has 172 valence electrons. The van der Waals surface area contributed by atoms with Crippen LogP contribution in [0.15, 0.2) is 53.7 Å². The molecule has 0 saturated heterocycles. The molecule has 0 amide bonds. The average Bonchev–Trinajstić information content (AvgIpc) is 3.33. The summed E-state index contributed by atoms with van der Waals surface area (Å²) in [5.74, 6) is 0.267. The number of fused-ring (bicyclic) bond motifs is 2. The van der Waals surface area contributed by atoms with E-state index < -0.39 is 5.72 Å². The van der Waals surface area contributed by atoms with Crippen LogP contribution in [-0.2, 0) is 11.3 Å². The number of nitrogens with one attached hydrogen (secondary N) is 2. The first-order chi connectivity index (χ1) is 15.7. The van der Waals surface area contributed by atoms with Gasteiger partial charge in [0.1, 0.15) is 28.7 Å². The number of aromatic nitrogens is 1. The third-order valence-electron chi connectivity index (χ3n) is 5.46. The number of thiocarbonyl (C=S) groups is 1. The van der Waals surface area contributed by atoms with E-state index in [-0.39, 0.29) is 18.8 Å². The van der Waals surface area contributed by atoms with Gasteiger partial charge in [-0.05, 0) is 67.6 Å². The molecule has 33 heavy (non-hydrogen) atoms. The number of halogens is 1. The minimum absolute atomic E-state index is 0.0532. The molecule has 2 aromatic carbocycles. The van der Waals surface area contributed by atoms with Gasteiger partial charge >= 0.3 is 0 Å². The van der Waals surface area contributed by atoms with Crippen molar-refractivity contribution in [3.63, 3.8) is 0 Å². The molecule has 1 atom stereocenters. The summed E-state index contributed by atoms with van der Waals surface area (Å²) in [5, 5.41) is 14.4. The highest BCUT2D eigenvalue weighted by molar-refractivity contribution is 7.80. The minimum atomic E-state index is -1.22. The first kappa shape index (κ1) is 23.0. The monoisotopic (exact) mass is 468 g/mol. The maximum Gasteiger partial charge on any atom is 0.175 e. The fourth-order valence-electron chi connectivity index (χ4n) is 3.83. The highest BCUT2D eigenvalue weighted by Crippen LogP contribution is 2.33. The zero-order chi connectivity index (χ0) is 23.8. The van der Waals surface area contributed by atoms with E-state index in [1.54, 1.807) is 19.3 Å². The summed E-state index contributed by atoms with van der Waals surface area (Å²) in [6, 6.07) is 10.2. The van der Waals surface area contributed by atoms with Crippen LogP contribution < -0.4 is 10.1 Å². The lowest BCUT2D eigenvalue weighted by molar-refractivity contribution is -0.322. The molecule has 0 aliphatic heterocycles. The van der Waals surface area contributed by atoms with Crippen molar-refractivity contribution in [3.8, 4) is 5.75 Å². The Morgan fingerprint density at radius 2 is 2.09 bits per heavy atom. The maximum atomic E-state index is 13.5. The fraction of sp³-hybridized carbons (Fsp3) is 0.240. The molecule has 0 aliphatic rings. The van der Waals surface area contributed by atoms with Gasteiger partial charge in [0.2, 0.25) is 0 Å². The number of ether oxygens (including phenoxy) is 1. The standard InChI is InChI=1S/C25H25FN2O4S/c1-14(2)19-9-20-15(3)12-30-23(20)10-22(19)31-13-24(33)28-25(4,32-29)11-18-7-16-5-6-17(26)8-21(16)27-18/h5-10,12,27,29H,1,11,13H2,2-4H3,(H,28,33). The second kappa shape index (κ2) is 8.97. The fourth-order valence-corrected chi connectivity index (χ4v) is 4.10. The van der Waals surface area contributed by atoms with Crippen LogP contribution in [0.1, 0.15) is 30.7 Å². The third-order valence-corrected chi connectivity index (χ3v) is 5.68. The Balaban J connectivity index is 1.46. The first-order valence-corrected chi connectivity index (χ1v) is 10.8. The van der Waals surface area contributed by atoms with E-state index >= 15 is 0 Å². The molecule has 0 saturated carbocycles. The normalized spacial score (nSPS) is 13.2. The van der Waals surface area contributed by atoms with Crippen LogP contribution in [0.4, 0.5) is 4.39 Å². The van der Waals surface area contributed by atoms with Crippen LogP contribution in [0.5, 0.6) is 5.75 Å². The molecule has 6 nitrogen and oxygen atoms in total. The molecular weight excluding hydrogens is 443 g/mol. The number of furan rings is 1. The van der Waals surface area contributed by atoms with E-state index in [2.05, 4.69) is 16.9 Å². The van der Waals surface area contributed by atoms with Crippen molar-refractivity contribution in [2.75, 3.05) is 6.61 Å². The van der Waals surface area contributed by atoms with Crippen molar-refractivity contribution >= 4 is 44.7 Å². The second-order valence-corrected chi connectivity index (χ2v) is 8.90. The van der Waals surface area contributed by atoms with Crippen molar-refractivity contribution in [2.45, 2.75) is 32.9 Å². The highest BCUT2D eigenvalue weighted by Gasteiger charge is 2.28. The van der Waals surface area contributed by atoms with Gasteiger partial charge in [0.05, 0.1) is 6.26 Å². The van der Waals surface area contributed by atoms with Crippen molar-refractivity contribution in [2.24, 2.45) is 0 Å². The number of aryl methyl sites for hydroxylation is 1. The Labute approximate surface area is 195 Å². The van der Waals surface area contributed by atoms with Gasteiger partial charge in [0.15, 0.2) is 5.72 Å². The number of aromatic amines is 1. The van der Waals surface area contributed by atoms with Gasteiger partial charge in [-0.15, -0.1) is 0 Å². The Bertz CT molecular complexity index is 1360. The van der Waals surface area contributed by atoms with Crippen molar-refractivity contribution in [1.82, 2.24) is 10.3 Å². The van der Waals surface area contributed by atoms with Crippen molar-refractivity contribution < 1.29 is 23.7 Å². The van der Waals surface area contributed by atoms with Gasteiger partial charge in [0.25, 0.3) is 0 Å². The molecule has 0 bridgehead atoms. The Morgan fingerprint density at radius 3 is 2.82 bits per heavy atom. The van der Waals surface area contributed by atoms with Gasteiger partial charge in [-0.3, -0.25) is 0 Å². The van der Waals surface area contributed by atoms with Gasteiger partial charge in [-0.2, -0.15) is 0 Å². The van der Waals surface area contributed by atoms with Crippen LogP contribution >= 0.6 is 12.2 Å². The summed E-state index contributed by atoms with van der Waals surface area (Å²) in [6.07, 6.45) is 1.94. The molecule has 8 heteroatoms. The zero-order valence-corrected chi connectivity index (χ0v) is 19.4. The van der Waals surface area contributed by atoms with Gasteiger partial charge in [0, 0.05) is 34.6 Å². The highest BCUT2D eigenvalue weighted by atomic mass is 32.1. The summed E-state index contributed by atoms with van der Waals surface area (Å²) in [7, 11) is 0. The lowest BCUT2D eigenvalue weighted by Gasteiger charge is -2.28. The predicted molar refractivity (Wildman–Crippen MR) is 131 cm³/mol. The number of rotatable bonds is 8. The summed E-state index contributed by atoms with van der Waals surface area (Å²) in [4.78, 5) is 8.19. The number of hydrogen-bond acceptors (Lipinski definition) is 5. The van der Waals surface area contributed by atoms with E-state index in [1.165, 1.54) is 12.1 Å². The molecule has 0 spiro atoms. The number of allylic oxidation sites excluding steroid dienone is 1. The van der Waals surface area contributed by atoms with E-state index in [0.29, 0.717) is 21.8 Å². The largest absolute Gasteiger partial charge is 0.486 e. The van der Waals surface area contributed by atoms with E-state index in [9.17, 15) is 9.65 Å². The van der Waals surface area contributed by atoms with Crippen LogP contribution in [0.25, 0.3) is 27.4 Å². The van der Waals surface area contributed by atoms with E-state index in [4.69, 9.17) is 26.3 Å². The Morgan fingerprint density at radius 1 is 1.30 bits per heavy atom. The third kappa shape index (κ3) is 4.93. The molecule has 2 aromatic heterocycles. The SMILES string of the molecule is C=C(C)c1cc2c(C)coc2cc1OCC(=S)NC(C)(Cc1cc2ccc(F)cc2[nH]1)OO. The van der Waals surface area contributed by atoms with Crippen molar-refractivity contribution in [1.29, 1.82) is 0 Å². The topological polar surface area (TPSA) is 79.7 Å². The van der Waals surface area contributed by atoms with Crippen LogP contribution in [0.3, 0.4) is 0 Å². The molecule has 4 aromatic rings. The molecule has 1 unspecified atom stereocenters. The van der Waals surface area contributed by atoms with E-state index in [1.807, 2.05) is 32.0 Å². The van der Waals surface area contributed by atoms with Gasteiger partial charge in [-0.25, -0.2) is 14.5 Å². The lowest BCUT2D eigenvalue weighted by Crippen LogP contribution is -2.50. The summed E-state index contributed by atoms with van der Waals surface area (Å²) in [6.45, 7) is 9.63. The predicted octanol–water partition coefficient (Wildman–Crippen LogP) is 6.14. The van der Waals surface area contributed by atoms with Crippen molar-refractivity contribution in [3.05, 3.63) is 71.9 Å². The van der Waals surface area contributed by atoms with Gasteiger partial charge < -0.3 is 19.5 Å². The molecule has 4 rings (SSSR count). The van der Waals surface area contributed by atoms with Crippen LogP contribution in [-0.4, -0.2) is 27.6 Å². The number of H-pyrrole nitrogens is 1. The molecular formula is C25H25FN2O4S. The Hall–Kier alpha value is -3.20. The molecule has 0 radical (unpaired) electrons. The molecule has 3 N–H and O–H groups in total. The van der Waals surface area contributed by atoms with Crippen LogP contribution in [0.2, 0.25) is 0 Å².